The number of phenols is 1. The molecule has 0 aliphatic carbocycles. The van der Waals surface area contributed by atoms with E-state index >= 15 is 0 Å². The smallest absolute Gasteiger partial charge is 0.302 e. The van der Waals surface area contributed by atoms with E-state index in [9.17, 15) is 14.7 Å². The fourth-order valence-electron chi connectivity index (χ4n) is 5.91. The number of phenolic OH excluding ortho intramolecular Hbond substituents is 1. The third kappa shape index (κ3) is 10.2. The normalized spacial score (nSPS) is 17.4. The second-order valence-electron chi connectivity index (χ2n) is 10.7. The van der Waals surface area contributed by atoms with Gasteiger partial charge >= 0.3 is 11.9 Å². The summed E-state index contributed by atoms with van der Waals surface area (Å²) in [6.45, 7) is 8.97. The lowest BCUT2D eigenvalue weighted by atomic mass is 9.68. The molecule has 3 atom stereocenters. The molecule has 7 heteroatoms. The average molecular weight is 520 g/mol. The van der Waals surface area contributed by atoms with Gasteiger partial charge in [0.2, 0.25) is 0 Å². The number of rotatable bonds is 16. The zero-order chi connectivity index (χ0) is 27.3. The van der Waals surface area contributed by atoms with Crippen LogP contribution in [0, 0.1) is 11.3 Å². The van der Waals surface area contributed by atoms with Crippen LogP contribution < -0.4 is 10.1 Å². The number of benzene rings is 1. The number of piperidine rings is 1. The summed E-state index contributed by atoms with van der Waals surface area (Å²) < 4.78 is 17.3. The van der Waals surface area contributed by atoms with E-state index in [-0.39, 0.29) is 29.2 Å². The van der Waals surface area contributed by atoms with Crippen LogP contribution in [0.15, 0.2) is 18.2 Å². The molecule has 0 radical (unpaired) electrons. The SMILES string of the molecule is CCCCC[C@H](CCC)C[C@H](C[C@@H](OC(C)=O)C1(Cc2ccc(O)c(OC)c2)CCNCC1)OC(C)=O. The van der Waals surface area contributed by atoms with E-state index in [1.54, 1.807) is 6.07 Å². The summed E-state index contributed by atoms with van der Waals surface area (Å²) in [7, 11) is 1.54. The van der Waals surface area contributed by atoms with Gasteiger partial charge in [-0.25, -0.2) is 0 Å². The number of nitrogens with one attached hydrogen (secondary N) is 1. The van der Waals surface area contributed by atoms with Gasteiger partial charge in [-0.2, -0.15) is 0 Å². The molecule has 1 aromatic rings. The molecule has 7 nitrogen and oxygen atoms in total. The van der Waals surface area contributed by atoms with Crippen LogP contribution in [-0.4, -0.2) is 49.5 Å². The van der Waals surface area contributed by atoms with E-state index in [1.165, 1.54) is 40.2 Å². The van der Waals surface area contributed by atoms with Crippen LogP contribution in [0.4, 0.5) is 0 Å². The lowest BCUT2D eigenvalue weighted by Gasteiger charge is -2.44. The van der Waals surface area contributed by atoms with Gasteiger partial charge in [0.15, 0.2) is 11.5 Å². The second-order valence-corrected chi connectivity index (χ2v) is 10.7. The summed E-state index contributed by atoms with van der Waals surface area (Å²) in [4.78, 5) is 24.5. The Hall–Kier alpha value is -2.28. The third-order valence-electron chi connectivity index (χ3n) is 7.71. The lowest BCUT2D eigenvalue weighted by Crippen LogP contribution is -2.49. The van der Waals surface area contributed by atoms with Crippen LogP contribution in [0.1, 0.15) is 97.5 Å². The van der Waals surface area contributed by atoms with Crippen molar-refractivity contribution in [1.29, 1.82) is 0 Å². The number of carbonyl (C=O) groups is 2. The van der Waals surface area contributed by atoms with Crippen LogP contribution in [0.5, 0.6) is 11.5 Å². The number of ether oxygens (including phenoxy) is 3. The quantitative estimate of drug-likeness (QED) is 0.206. The summed E-state index contributed by atoms with van der Waals surface area (Å²) in [5.74, 6) is 0.392. The summed E-state index contributed by atoms with van der Waals surface area (Å²) in [5.41, 5.74) is 0.695. The number of hydrogen-bond donors (Lipinski definition) is 2. The van der Waals surface area contributed by atoms with Gasteiger partial charge in [0.25, 0.3) is 0 Å². The molecule has 2 rings (SSSR count). The first-order valence-corrected chi connectivity index (χ1v) is 14.1. The van der Waals surface area contributed by atoms with Crippen molar-refractivity contribution in [1.82, 2.24) is 5.32 Å². The van der Waals surface area contributed by atoms with Gasteiger partial charge in [-0.1, -0.05) is 58.4 Å². The van der Waals surface area contributed by atoms with Crippen LogP contribution >= 0.6 is 0 Å². The molecule has 0 unspecified atom stereocenters. The Morgan fingerprint density at radius 3 is 2.30 bits per heavy atom. The van der Waals surface area contributed by atoms with Crippen LogP contribution in [0.2, 0.25) is 0 Å². The van der Waals surface area contributed by atoms with Gasteiger partial charge in [-0.3, -0.25) is 9.59 Å². The molecule has 0 amide bonds. The van der Waals surface area contributed by atoms with Crippen LogP contribution in [-0.2, 0) is 25.5 Å². The Morgan fingerprint density at radius 2 is 1.70 bits per heavy atom. The predicted molar refractivity (Wildman–Crippen MR) is 146 cm³/mol. The number of unbranched alkanes of at least 4 members (excludes halogenated alkanes) is 2. The molecule has 0 saturated carbocycles. The predicted octanol–water partition coefficient (Wildman–Crippen LogP) is 5.95. The number of aromatic hydroxyl groups is 1. The number of methoxy groups -OCH3 is 1. The first-order valence-electron chi connectivity index (χ1n) is 14.1. The molecule has 37 heavy (non-hydrogen) atoms. The highest BCUT2D eigenvalue weighted by atomic mass is 16.6. The van der Waals surface area contributed by atoms with Crippen molar-refractivity contribution in [3.63, 3.8) is 0 Å². The second kappa shape index (κ2) is 15.9. The maximum absolute atomic E-state index is 12.3. The highest BCUT2D eigenvalue weighted by molar-refractivity contribution is 5.66. The highest BCUT2D eigenvalue weighted by Crippen LogP contribution is 2.42. The Bertz CT molecular complexity index is 835. The number of carbonyl (C=O) groups excluding carboxylic acids is 2. The van der Waals surface area contributed by atoms with Gasteiger partial charge in [0, 0.05) is 25.7 Å². The van der Waals surface area contributed by atoms with Crippen LogP contribution in [0.3, 0.4) is 0 Å². The van der Waals surface area contributed by atoms with E-state index in [0.29, 0.717) is 24.5 Å². The van der Waals surface area contributed by atoms with E-state index < -0.39 is 6.10 Å². The van der Waals surface area contributed by atoms with Gasteiger partial charge in [0.1, 0.15) is 12.2 Å². The van der Waals surface area contributed by atoms with E-state index in [1.807, 2.05) is 12.1 Å². The molecule has 1 aromatic carbocycles. The molecule has 1 saturated heterocycles. The minimum Gasteiger partial charge on any atom is -0.504 e. The summed E-state index contributed by atoms with van der Waals surface area (Å²) >= 11 is 0. The molecule has 1 aliphatic heterocycles. The summed E-state index contributed by atoms with van der Waals surface area (Å²) in [6, 6.07) is 5.41. The lowest BCUT2D eigenvalue weighted by molar-refractivity contribution is -0.163. The van der Waals surface area contributed by atoms with Gasteiger partial charge in [-0.15, -0.1) is 0 Å². The summed E-state index contributed by atoms with van der Waals surface area (Å²) in [5, 5.41) is 13.5. The van der Waals surface area contributed by atoms with E-state index in [4.69, 9.17) is 14.2 Å². The molecule has 1 fully saturated rings. The monoisotopic (exact) mass is 519 g/mol. The first kappa shape index (κ1) is 30.9. The highest BCUT2D eigenvalue weighted by Gasteiger charge is 2.44. The number of esters is 2. The molecule has 2 N–H and O–H groups in total. The molecule has 0 aromatic heterocycles. The molecule has 0 bridgehead atoms. The average Bonchev–Trinajstić information content (AvgIpc) is 2.85. The first-order chi connectivity index (χ1) is 17.7. The third-order valence-corrected chi connectivity index (χ3v) is 7.71. The largest absolute Gasteiger partial charge is 0.504 e. The van der Waals surface area contributed by atoms with Gasteiger partial charge < -0.3 is 24.6 Å². The molecule has 210 valence electrons. The number of hydrogen-bond acceptors (Lipinski definition) is 7. The Balaban J connectivity index is 2.35. The van der Waals surface area contributed by atoms with Gasteiger partial charge in [-0.05, 0) is 62.4 Å². The van der Waals surface area contributed by atoms with Crippen molar-refractivity contribution in [2.24, 2.45) is 11.3 Å². The molecule has 1 aliphatic rings. The zero-order valence-electron chi connectivity index (χ0n) is 23.6. The standard InChI is InChI=1S/C30H49NO6/c1-6-8-9-11-24(10-7-2)18-26(36-22(3)32)20-29(37-23(4)33)30(14-16-31-17-15-30)21-25-12-13-27(34)28(19-25)35-5/h12-13,19,24,26,29,31,34H,6-11,14-18,20-21H2,1-5H3/t24-,26+,29+/m0/s1. The Labute approximate surface area is 223 Å². The minimum atomic E-state index is -0.394. The van der Waals surface area contributed by atoms with Crippen molar-refractivity contribution in [3.05, 3.63) is 23.8 Å². The molecular weight excluding hydrogens is 470 g/mol. The maximum Gasteiger partial charge on any atom is 0.302 e. The zero-order valence-corrected chi connectivity index (χ0v) is 23.6. The van der Waals surface area contributed by atoms with Crippen molar-refractivity contribution >= 4 is 11.9 Å². The topological polar surface area (TPSA) is 94.1 Å². The molecule has 1 heterocycles. The van der Waals surface area contributed by atoms with Crippen molar-refractivity contribution in [3.8, 4) is 11.5 Å². The van der Waals surface area contributed by atoms with E-state index in [0.717, 1.165) is 57.2 Å². The van der Waals surface area contributed by atoms with Crippen LogP contribution in [0.25, 0.3) is 0 Å². The molecule has 0 spiro atoms. The minimum absolute atomic E-state index is 0.0992. The fourth-order valence-corrected chi connectivity index (χ4v) is 5.91. The Kier molecular flexibility index (Phi) is 13.3. The Morgan fingerprint density at radius 1 is 1.00 bits per heavy atom. The summed E-state index contributed by atoms with van der Waals surface area (Å²) in [6.07, 6.45) is 9.79. The fraction of sp³-hybridized carbons (Fsp3) is 0.733. The van der Waals surface area contributed by atoms with Crippen molar-refractivity contribution in [2.45, 2.75) is 111 Å². The van der Waals surface area contributed by atoms with Gasteiger partial charge in [0.05, 0.1) is 7.11 Å². The maximum atomic E-state index is 12.3. The van der Waals surface area contributed by atoms with Crippen molar-refractivity contribution in [2.75, 3.05) is 20.2 Å². The molecular formula is C30H49NO6. The van der Waals surface area contributed by atoms with Crippen molar-refractivity contribution < 1.29 is 28.9 Å². The van der Waals surface area contributed by atoms with E-state index in [2.05, 4.69) is 19.2 Å².